The Bertz CT molecular complexity index is 509. The smallest absolute Gasteiger partial charge is 0.157 e. The number of aromatic nitrogens is 2. The molecule has 3 nitrogen and oxygen atoms in total. The highest BCUT2D eigenvalue weighted by molar-refractivity contribution is 7.21. The van der Waals surface area contributed by atoms with Crippen LogP contribution in [0, 0.1) is 13.8 Å². The molecule has 0 aliphatic carbocycles. The third kappa shape index (κ3) is 4.09. The Morgan fingerprint density at radius 3 is 2.63 bits per heavy atom. The van der Waals surface area contributed by atoms with Crippen LogP contribution in [0.5, 0.6) is 0 Å². The molecule has 104 valence electrons. The number of hydrogen-bond acceptors (Lipinski definition) is 5. The molecule has 0 unspecified atom stereocenters. The first-order valence-corrected chi connectivity index (χ1v) is 8.32. The van der Waals surface area contributed by atoms with Gasteiger partial charge in [0.1, 0.15) is 5.01 Å². The lowest BCUT2D eigenvalue weighted by Crippen LogP contribution is -2.23. The molecule has 0 amide bonds. The molecule has 19 heavy (non-hydrogen) atoms. The topological polar surface area (TPSA) is 37.8 Å². The molecular formula is C14H21N3S2. The van der Waals surface area contributed by atoms with E-state index in [9.17, 15) is 0 Å². The predicted octanol–water partition coefficient (Wildman–Crippen LogP) is 3.81. The molecule has 2 heterocycles. The molecule has 0 aromatic carbocycles. The molecule has 0 radical (unpaired) electrons. The van der Waals surface area contributed by atoms with E-state index in [-0.39, 0.29) is 0 Å². The summed E-state index contributed by atoms with van der Waals surface area (Å²) in [6.45, 7) is 9.69. The molecule has 0 saturated carbocycles. The average molecular weight is 295 g/mol. The Balaban J connectivity index is 1.92. The number of thiophene rings is 1. The van der Waals surface area contributed by atoms with Crippen molar-refractivity contribution in [3.63, 3.8) is 0 Å². The molecule has 2 rings (SSSR count). The van der Waals surface area contributed by atoms with Gasteiger partial charge in [-0.15, -0.1) is 21.5 Å². The summed E-state index contributed by atoms with van der Waals surface area (Å²) in [5.41, 5.74) is 1.35. The van der Waals surface area contributed by atoms with Crippen molar-refractivity contribution in [2.45, 2.75) is 46.6 Å². The number of aryl methyl sites for hydroxylation is 3. The van der Waals surface area contributed by atoms with Gasteiger partial charge in [-0.3, -0.25) is 0 Å². The average Bonchev–Trinajstić information content (AvgIpc) is 2.93. The number of nitrogens with one attached hydrogen (secondary N) is 1. The molecule has 0 aliphatic heterocycles. The van der Waals surface area contributed by atoms with E-state index < -0.39 is 0 Å². The van der Waals surface area contributed by atoms with Crippen molar-refractivity contribution in [2.75, 3.05) is 6.54 Å². The van der Waals surface area contributed by atoms with Crippen LogP contribution in [0.25, 0.3) is 9.88 Å². The molecular weight excluding hydrogens is 274 g/mol. The van der Waals surface area contributed by atoms with Gasteiger partial charge in [-0.05, 0) is 38.4 Å². The second-order valence-corrected chi connectivity index (χ2v) is 7.38. The fourth-order valence-electron chi connectivity index (χ4n) is 1.76. The van der Waals surface area contributed by atoms with Gasteiger partial charge >= 0.3 is 0 Å². The largest absolute Gasteiger partial charge is 0.315 e. The second kappa shape index (κ2) is 6.59. The van der Waals surface area contributed by atoms with Gasteiger partial charge in [-0.1, -0.05) is 25.2 Å². The van der Waals surface area contributed by atoms with Gasteiger partial charge in [0, 0.05) is 17.3 Å². The van der Waals surface area contributed by atoms with Crippen molar-refractivity contribution in [3.05, 3.63) is 21.5 Å². The SMILES string of the molecule is Cc1cc(-c2nnc(CCCNC(C)C)s2)sc1C. The summed E-state index contributed by atoms with van der Waals surface area (Å²) in [6.07, 6.45) is 2.13. The molecule has 1 N–H and O–H groups in total. The molecule has 2 aromatic rings. The van der Waals surface area contributed by atoms with Crippen molar-refractivity contribution >= 4 is 22.7 Å². The van der Waals surface area contributed by atoms with Gasteiger partial charge in [0.15, 0.2) is 5.01 Å². The Morgan fingerprint density at radius 2 is 2.00 bits per heavy atom. The van der Waals surface area contributed by atoms with E-state index in [1.807, 2.05) is 11.3 Å². The summed E-state index contributed by atoms with van der Waals surface area (Å²) in [7, 11) is 0. The van der Waals surface area contributed by atoms with Crippen molar-refractivity contribution in [2.24, 2.45) is 0 Å². The number of nitrogens with zero attached hydrogens (tertiary/aromatic N) is 2. The van der Waals surface area contributed by atoms with E-state index in [2.05, 4.69) is 49.3 Å². The number of hydrogen-bond donors (Lipinski definition) is 1. The third-order valence-corrected chi connectivity index (χ3v) is 5.27. The van der Waals surface area contributed by atoms with E-state index in [0.29, 0.717) is 6.04 Å². The van der Waals surface area contributed by atoms with Gasteiger partial charge in [-0.25, -0.2) is 0 Å². The van der Waals surface area contributed by atoms with Crippen LogP contribution in [0.1, 0.15) is 35.7 Å². The molecule has 0 spiro atoms. The highest BCUT2D eigenvalue weighted by Crippen LogP contribution is 2.32. The maximum atomic E-state index is 4.31. The van der Waals surface area contributed by atoms with Gasteiger partial charge in [0.25, 0.3) is 0 Å². The van der Waals surface area contributed by atoms with Crippen LogP contribution in [-0.2, 0) is 6.42 Å². The first kappa shape index (κ1) is 14.6. The standard InChI is InChI=1S/C14H21N3S2/c1-9(2)15-7-5-6-13-16-17-14(19-13)12-8-10(3)11(4)18-12/h8-9,15H,5-7H2,1-4H3. The van der Waals surface area contributed by atoms with Crippen LogP contribution in [0.2, 0.25) is 0 Å². The molecule has 0 aliphatic rings. The summed E-state index contributed by atoms with van der Waals surface area (Å²) in [4.78, 5) is 2.62. The maximum absolute atomic E-state index is 4.31. The van der Waals surface area contributed by atoms with Gasteiger partial charge in [-0.2, -0.15) is 0 Å². The highest BCUT2D eigenvalue weighted by atomic mass is 32.1. The van der Waals surface area contributed by atoms with Crippen LogP contribution < -0.4 is 5.32 Å². The zero-order valence-corrected chi connectivity index (χ0v) is 13.6. The monoisotopic (exact) mass is 295 g/mol. The number of rotatable bonds is 6. The quantitative estimate of drug-likeness (QED) is 0.823. The molecule has 2 aromatic heterocycles. The van der Waals surface area contributed by atoms with Crippen LogP contribution in [0.15, 0.2) is 6.07 Å². The summed E-state index contributed by atoms with van der Waals surface area (Å²) < 4.78 is 0. The normalized spacial score (nSPS) is 11.4. The Labute approximate surface area is 123 Å². The zero-order valence-electron chi connectivity index (χ0n) is 12.0. The Hall–Kier alpha value is -0.780. The fourth-order valence-corrected chi connectivity index (χ4v) is 3.72. The maximum Gasteiger partial charge on any atom is 0.157 e. The van der Waals surface area contributed by atoms with E-state index in [1.165, 1.54) is 15.3 Å². The lowest BCUT2D eigenvalue weighted by molar-refractivity contribution is 0.569. The van der Waals surface area contributed by atoms with Crippen molar-refractivity contribution in [3.8, 4) is 9.88 Å². The minimum atomic E-state index is 0.557. The third-order valence-electron chi connectivity index (χ3n) is 2.96. The van der Waals surface area contributed by atoms with Crippen molar-refractivity contribution in [1.29, 1.82) is 0 Å². The minimum Gasteiger partial charge on any atom is -0.315 e. The first-order valence-electron chi connectivity index (χ1n) is 6.69. The van der Waals surface area contributed by atoms with E-state index in [1.54, 1.807) is 11.3 Å². The summed E-state index contributed by atoms with van der Waals surface area (Å²) in [6, 6.07) is 2.77. The van der Waals surface area contributed by atoms with Crippen LogP contribution in [0.3, 0.4) is 0 Å². The van der Waals surface area contributed by atoms with Crippen molar-refractivity contribution in [1.82, 2.24) is 15.5 Å². The van der Waals surface area contributed by atoms with Gasteiger partial charge < -0.3 is 5.32 Å². The molecule has 5 heteroatoms. The lowest BCUT2D eigenvalue weighted by atomic mass is 10.3. The predicted molar refractivity (Wildman–Crippen MR) is 84.2 cm³/mol. The Morgan fingerprint density at radius 1 is 1.21 bits per heavy atom. The second-order valence-electron chi connectivity index (χ2n) is 5.06. The van der Waals surface area contributed by atoms with Crippen LogP contribution in [-0.4, -0.2) is 22.8 Å². The Kier molecular flexibility index (Phi) is 5.07. The molecule has 0 atom stereocenters. The van der Waals surface area contributed by atoms with E-state index in [4.69, 9.17) is 0 Å². The van der Waals surface area contributed by atoms with Crippen molar-refractivity contribution < 1.29 is 0 Å². The fraction of sp³-hybridized carbons (Fsp3) is 0.571. The lowest BCUT2D eigenvalue weighted by Gasteiger charge is -2.05. The summed E-state index contributed by atoms with van der Waals surface area (Å²) in [5, 5.41) is 14.2. The summed E-state index contributed by atoms with van der Waals surface area (Å²) in [5.74, 6) is 0. The first-order chi connectivity index (χ1) is 9.06. The van der Waals surface area contributed by atoms with Gasteiger partial charge in [0.05, 0.1) is 4.88 Å². The van der Waals surface area contributed by atoms with Crippen LogP contribution in [0.4, 0.5) is 0 Å². The minimum absolute atomic E-state index is 0.557. The van der Waals surface area contributed by atoms with Crippen LogP contribution >= 0.6 is 22.7 Å². The van der Waals surface area contributed by atoms with Gasteiger partial charge in [0.2, 0.25) is 0 Å². The zero-order chi connectivity index (χ0) is 13.8. The molecule has 0 fully saturated rings. The molecule has 0 bridgehead atoms. The van der Waals surface area contributed by atoms with E-state index >= 15 is 0 Å². The highest BCUT2D eigenvalue weighted by Gasteiger charge is 2.10. The molecule has 0 saturated heterocycles. The summed E-state index contributed by atoms with van der Waals surface area (Å²) >= 11 is 3.54. The van der Waals surface area contributed by atoms with E-state index in [0.717, 1.165) is 29.4 Å².